The maximum Gasteiger partial charge on any atom is 0.254 e. The maximum atomic E-state index is 13.3. The van der Waals surface area contributed by atoms with Crippen molar-refractivity contribution in [3.05, 3.63) is 35.3 Å². The van der Waals surface area contributed by atoms with Gasteiger partial charge in [-0.2, -0.15) is 5.26 Å². The fourth-order valence-corrected chi connectivity index (χ4v) is 3.49. The Kier molecular flexibility index (Phi) is 13.8. The molecule has 0 aromatic heterocycles. The summed E-state index contributed by atoms with van der Waals surface area (Å²) >= 11 is 0. The molecule has 1 aliphatic heterocycles. The van der Waals surface area contributed by atoms with Gasteiger partial charge in [-0.15, -0.1) is 0 Å². The van der Waals surface area contributed by atoms with E-state index >= 15 is 0 Å². The number of piperazine rings is 1. The quantitative estimate of drug-likeness (QED) is 0.342. The third-order valence-corrected chi connectivity index (χ3v) is 5.65. The first-order valence-electron chi connectivity index (χ1n) is 11.7. The van der Waals surface area contributed by atoms with Crippen molar-refractivity contribution in [2.75, 3.05) is 45.8 Å². The average Bonchev–Trinajstić information content (AvgIpc) is 3.04. The number of rotatable bonds is 10. The molecule has 190 valence electrons. The van der Waals surface area contributed by atoms with Gasteiger partial charge in [-0.1, -0.05) is 6.92 Å². The zero-order valence-corrected chi connectivity index (χ0v) is 20.3. The molecule has 0 bridgehead atoms. The van der Waals surface area contributed by atoms with Crippen LogP contribution in [0, 0.1) is 17.2 Å². The van der Waals surface area contributed by atoms with Crippen LogP contribution in [0.3, 0.4) is 0 Å². The molecule has 0 aromatic carbocycles. The molecule has 4 N–H and O–H groups in total. The summed E-state index contributed by atoms with van der Waals surface area (Å²) in [6, 6.07) is 2.17. The Bertz CT molecular complexity index is 785. The fourth-order valence-electron chi connectivity index (χ4n) is 3.49. The molecule has 0 spiro atoms. The first kappa shape index (κ1) is 29.3. The van der Waals surface area contributed by atoms with Crippen LogP contribution in [0.1, 0.15) is 33.6 Å². The highest BCUT2D eigenvalue weighted by Crippen LogP contribution is 2.22. The van der Waals surface area contributed by atoms with Crippen molar-refractivity contribution in [2.45, 2.75) is 45.8 Å². The minimum Gasteiger partial charge on any atom is -0.390 e. The lowest BCUT2D eigenvalue weighted by Gasteiger charge is -2.29. The second kappa shape index (κ2) is 16.0. The Labute approximate surface area is 201 Å². The van der Waals surface area contributed by atoms with E-state index in [1.165, 1.54) is 19.1 Å². The van der Waals surface area contributed by atoms with Crippen molar-refractivity contribution in [3.8, 4) is 6.07 Å². The number of aliphatic hydroxyl groups is 2. The van der Waals surface area contributed by atoms with Gasteiger partial charge in [0.05, 0.1) is 23.4 Å². The molecular weight excluding hydrogens is 441 g/mol. The van der Waals surface area contributed by atoms with E-state index in [4.69, 9.17) is 5.11 Å². The first-order valence-corrected chi connectivity index (χ1v) is 11.7. The Hall–Kier alpha value is -2.74. The minimum absolute atomic E-state index is 0.308. The second-order valence-corrected chi connectivity index (χ2v) is 8.36. The highest BCUT2D eigenvalue weighted by molar-refractivity contribution is 5.81. The van der Waals surface area contributed by atoms with Gasteiger partial charge >= 0.3 is 0 Å². The number of likely N-dealkylation sites (N-methyl/N-ethyl adjacent to an activating group) is 1. The van der Waals surface area contributed by atoms with E-state index in [9.17, 15) is 24.3 Å². The number of allylic oxidation sites excluding steroid dienone is 5. The molecular formula is C24H38FN5O4. The fraction of sp³-hybridized carbons (Fsp3) is 0.625. The summed E-state index contributed by atoms with van der Waals surface area (Å²) in [5, 5.41) is 33.3. The number of amides is 2. The number of nitrogens with zero attached hydrogens (tertiary/aromatic N) is 3. The number of aliphatic hydroxyl groups excluding tert-OH is 2. The second-order valence-electron chi connectivity index (χ2n) is 8.36. The van der Waals surface area contributed by atoms with Gasteiger partial charge in [-0.25, -0.2) is 4.39 Å². The predicted molar refractivity (Wildman–Crippen MR) is 128 cm³/mol. The van der Waals surface area contributed by atoms with Crippen molar-refractivity contribution >= 4 is 12.3 Å². The van der Waals surface area contributed by atoms with Crippen LogP contribution >= 0.6 is 0 Å². The Balaban J connectivity index is 0.000000380. The van der Waals surface area contributed by atoms with Crippen LogP contribution in [-0.4, -0.2) is 90.4 Å². The summed E-state index contributed by atoms with van der Waals surface area (Å²) in [5.74, 6) is -0.339. The molecule has 2 rings (SSSR count). The summed E-state index contributed by atoms with van der Waals surface area (Å²) in [4.78, 5) is 25.4. The van der Waals surface area contributed by atoms with Gasteiger partial charge < -0.3 is 30.6 Å². The van der Waals surface area contributed by atoms with E-state index in [1.54, 1.807) is 11.0 Å². The van der Waals surface area contributed by atoms with Crippen molar-refractivity contribution in [3.63, 3.8) is 0 Å². The van der Waals surface area contributed by atoms with Gasteiger partial charge in [0.25, 0.3) is 5.91 Å². The summed E-state index contributed by atoms with van der Waals surface area (Å²) in [5.41, 5.74) is 1.37. The Morgan fingerprint density at radius 2 is 2.03 bits per heavy atom. The summed E-state index contributed by atoms with van der Waals surface area (Å²) < 4.78 is 13.3. The van der Waals surface area contributed by atoms with Crippen LogP contribution in [0.4, 0.5) is 4.39 Å². The number of nitrogens with one attached hydrogen (secondary N) is 2. The van der Waals surface area contributed by atoms with Crippen LogP contribution < -0.4 is 10.6 Å². The maximum absolute atomic E-state index is 13.3. The van der Waals surface area contributed by atoms with Gasteiger partial charge in [-0.05, 0) is 44.4 Å². The SMILES string of the molecule is CC(O)C(O)C(=O)N1CCNCC1.CCN(CCC(C)CNC=O)C1=C(C#N)CC=C(F)C=C1. The predicted octanol–water partition coefficient (Wildman–Crippen LogP) is 0.831. The smallest absolute Gasteiger partial charge is 0.254 e. The summed E-state index contributed by atoms with van der Waals surface area (Å²) in [6.07, 6.45) is 4.14. The summed E-state index contributed by atoms with van der Waals surface area (Å²) in [7, 11) is 0. The zero-order valence-electron chi connectivity index (χ0n) is 20.3. The Morgan fingerprint density at radius 3 is 2.59 bits per heavy atom. The highest BCUT2D eigenvalue weighted by atomic mass is 19.1. The van der Waals surface area contributed by atoms with Crippen molar-refractivity contribution in [2.24, 2.45) is 5.92 Å². The molecule has 1 heterocycles. The third-order valence-electron chi connectivity index (χ3n) is 5.65. The minimum atomic E-state index is -1.28. The average molecular weight is 480 g/mol. The van der Waals surface area contributed by atoms with E-state index < -0.39 is 12.2 Å². The highest BCUT2D eigenvalue weighted by Gasteiger charge is 2.26. The largest absolute Gasteiger partial charge is 0.390 e. The number of hydrogen-bond donors (Lipinski definition) is 4. The molecule has 0 aromatic rings. The Morgan fingerprint density at radius 1 is 1.35 bits per heavy atom. The lowest BCUT2D eigenvalue weighted by molar-refractivity contribution is -0.146. The monoisotopic (exact) mass is 479 g/mol. The first-order chi connectivity index (χ1) is 16.2. The van der Waals surface area contributed by atoms with E-state index in [2.05, 4.69) is 28.5 Å². The van der Waals surface area contributed by atoms with Gasteiger partial charge in [0.15, 0.2) is 6.10 Å². The lowest BCUT2D eigenvalue weighted by atomic mass is 10.1. The molecule has 34 heavy (non-hydrogen) atoms. The summed E-state index contributed by atoms with van der Waals surface area (Å²) in [6.45, 7) is 10.3. The molecule has 1 saturated heterocycles. The van der Waals surface area contributed by atoms with Gasteiger partial charge in [0.2, 0.25) is 6.41 Å². The van der Waals surface area contributed by atoms with Crippen LogP contribution in [0.5, 0.6) is 0 Å². The molecule has 0 saturated carbocycles. The number of carbonyl (C=O) groups excluding carboxylic acids is 2. The van der Waals surface area contributed by atoms with Crippen LogP contribution in [0.15, 0.2) is 35.3 Å². The normalized spacial score (nSPS) is 18.4. The van der Waals surface area contributed by atoms with Gasteiger partial charge in [0.1, 0.15) is 5.83 Å². The molecule has 1 fully saturated rings. The third kappa shape index (κ3) is 10.0. The van der Waals surface area contributed by atoms with E-state index in [-0.39, 0.29) is 11.7 Å². The molecule has 0 radical (unpaired) electrons. The van der Waals surface area contributed by atoms with Gasteiger partial charge in [0, 0.05) is 52.2 Å². The molecule has 1 aliphatic carbocycles. The van der Waals surface area contributed by atoms with E-state index in [0.29, 0.717) is 44.0 Å². The molecule has 3 atom stereocenters. The molecule has 2 aliphatic rings. The number of halogens is 1. The standard InChI is InChI=1S/C16H22FN3O.C8H16N2O3/c1-3-20(9-8-13(2)11-19-12-21)16-7-6-15(17)5-4-14(16)10-18;1-6(11)7(12)8(13)10-4-2-9-3-5-10/h5-7,12-13H,3-4,8-9,11H2,1-2H3,(H,19,21);6-7,9,11-12H,2-5H2,1H3. The van der Waals surface area contributed by atoms with E-state index in [1.807, 2.05) is 6.92 Å². The van der Waals surface area contributed by atoms with Crippen molar-refractivity contribution in [1.82, 2.24) is 20.4 Å². The molecule has 10 heteroatoms. The van der Waals surface area contributed by atoms with Crippen molar-refractivity contribution < 1.29 is 24.2 Å². The van der Waals surface area contributed by atoms with E-state index in [0.717, 1.165) is 38.3 Å². The van der Waals surface area contributed by atoms with Crippen LogP contribution in [0.2, 0.25) is 0 Å². The number of carbonyl (C=O) groups is 2. The van der Waals surface area contributed by atoms with Gasteiger partial charge in [-0.3, -0.25) is 9.59 Å². The molecule has 9 nitrogen and oxygen atoms in total. The van der Waals surface area contributed by atoms with Crippen LogP contribution in [0.25, 0.3) is 0 Å². The molecule has 2 amide bonds. The van der Waals surface area contributed by atoms with Crippen molar-refractivity contribution in [1.29, 1.82) is 5.26 Å². The van der Waals surface area contributed by atoms with Crippen LogP contribution in [-0.2, 0) is 9.59 Å². The zero-order chi connectivity index (χ0) is 25.5. The number of nitriles is 1. The molecule has 3 unspecified atom stereocenters. The topological polar surface area (TPSA) is 129 Å². The number of hydrogen-bond acceptors (Lipinski definition) is 7. The lowest BCUT2D eigenvalue weighted by Crippen LogP contribution is -2.51.